The molecule has 216 valence electrons. The van der Waals surface area contributed by atoms with Crippen LogP contribution in [0.4, 0.5) is 0 Å². The van der Waals surface area contributed by atoms with Gasteiger partial charge in [0.25, 0.3) is 5.91 Å². The number of nitrogens with one attached hydrogen (secondary N) is 3. The molecule has 2 fully saturated rings. The maximum absolute atomic E-state index is 13.4. The van der Waals surface area contributed by atoms with E-state index in [4.69, 9.17) is 20.6 Å². The van der Waals surface area contributed by atoms with Gasteiger partial charge in [0.1, 0.15) is 11.9 Å². The molecular weight excluding hydrogens is 556 g/mol. The minimum atomic E-state index is -1.05. The summed E-state index contributed by atoms with van der Waals surface area (Å²) in [5.41, 5.74) is 8.05. The highest BCUT2D eigenvalue weighted by molar-refractivity contribution is 7.10. The van der Waals surface area contributed by atoms with Crippen molar-refractivity contribution < 1.29 is 23.9 Å². The summed E-state index contributed by atoms with van der Waals surface area (Å²) in [6, 6.07) is 15.6. The summed E-state index contributed by atoms with van der Waals surface area (Å²) in [7, 11) is 0. The molecule has 2 aliphatic rings. The van der Waals surface area contributed by atoms with Gasteiger partial charge in [0.15, 0.2) is 5.79 Å². The Balaban J connectivity index is 1.14. The van der Waals surface area contributed by atoms with Crippen molar-refractivity contribution in [1.82, 2.24) is 20.5 Å². The van der Waals surface area contributed by atoms with Crippen molar-refractivity contribution in [3.05, 3.63) is 76.0 Å². The first-order chi connectivity index (χ1) is 20.2. The van der Waals surface area contributed by atoms with E-state index >= 15 is 0 Å². The number of nitrogens with zero attached hydrogens (tertiary/aromatic N) is 2. The highest BCUT2D eigenvalue weighted by Crippen LogP contribution is 2.35. The van der Waals surface area contributed by atoms with Crippen molar-refractivity contribution in [2.75, 3.05) is 26.3 Å². The monoisotopic (exact) mass is 586 g/mol. The number of amides is 3. The molecule has 4 heterocycles. The van der Waals surface area contributed by atoms with Crippen molar-refractivity contribution in [2.45, 2.75) is 31.2 Å². The predicted molar refractivity (Wildman–Crippen MR) is 158 cm³/mol. The molecule has 0 aliphatic carbocycles. The second kappa shape index (κ2) is 11.1. The Hall–Kier alpha value is -4.39. The van der Waals surface area contributed by atoms with Gasteiger partial charge in [-0.3, -0.25) is 19.8 Å². The van der Waals surface area contributed by atoms with Crippen molar-refractivity contribution in [1.29, 1.82) is 5.41 Å². The van der Waals surface area contributed by atoms with Crippen LogP contribution in [0.25, 0.3) is 21.8 Å². The molecule has 0 bridgehead atoms. The van der Waals surface area contributed by atoms with E-state index in [0.29, 0.717) is 29.9 Å². The van der Waals surface area contributed by atoms with E-state index in [1.165, 1.54) is 16.2 Å². The van der Waals surface area contributed by atoms with Gasteiger partial charge in [-0.2, -0.15) is 0 Å². The number of thiophene rings is 1. The lowest BCUT2D eigenvalue weighted by Gasteiger charge is -2.25. The van der Waals surface area contributed by atoms with E-state index in [2.05, 4.69) is 15.6 Å². The van der Waals surface area contributed by atoms with E-state index in [9.17, 15) is 14.4 Å². The van der Waals surface area contributed by atoms with Gasteiger partial charge < -0.3 is 30.7 Å². The molecule has 6 rings (SSSR count). The van der Waals surface area contributed by atoms with Crippen LogP contribution in [0.5, 0.6) is 0 Å². The summed E-state index contributed by atoms with van der Waals surface area (Å²) in [5, 5.41) is 16.9. The largest absolute Gasteiger partial charge is 0.384 e. The standard InChI is InChI=1S/C30H30N6O5S/c1-17(25-12-21(15-42-25)27(31)32)34-29(39)24-13-30(40-8-9-41-30)16-36(24)26(37)14-33-28(38)20-7-6-19-10-18-4-2-3-5-22(18)35-23(19)11-20/h2-7,10-12,15,17,24H,8-9,13-14,16H2,1H3,(H3,31,32)(H,33,38)(H,34,39)/t17-,24+/m1/s1. The molecular formula is C30H30N6O5S. The number of nitrogens with two attached hydrogens (primary N) is 1. The molecule has 2 aliphatic heterocycles. The minimum Gasteiger partial charge on any atom is -0.384 e. The zero-order valence-corrected chi connectivity index (χ0v) is 23.7. The van der Waals surface area contributed by atoms with Gasteiger partial charge in [0, 0.05) is 38.6 Å². The Morgan fingerprint density at radius 1 is 1.10 bits per heavy atom. The lowest BCUT2D eigenvalue weighted by atomic mass is 10.1. The first-order valence-electron chi connectivity index (χ1n) is 13.6. The molecule has 12 heteroatoms. The lowest BCUT2D eigenvalue weighted by Crippen LogP contribution is -2.49. The number of para-hydroxylation sites is 1. The van der Waals surface area contributed by atoms with Crippen LogP contribution in [0.15, 0.2) is 60.0 Å². The summed E-state index contributed by atoms with van der Waals surface area (Å²) < 4.78 is 11.6. The van der Waals surface area contributed by atoms with Crippen LogP contribution in [-0.4, -0.2) is 71.6 Å². The van der Waals surface area contributed by atoms with Gasteiger partial charge in [-0.1, -0.05) is 24.3 Å². The third kappa shape index (κ3) is 5.43. The van der Waals surface area contributed by atoms with Gasteiger partial charge in [-0.25, -0.2) is 4.98 Å². The van der Waals surface area contributed by atoms with Crippen LogP contribution in [0.3, 0.4) is 0 Å². The number of benzene rings is 2. The van der Waals surface area contributed by atoms with Crippen molar-refractivity contribution in [3.63, 3.8) is 0 Å². The number of nitrogen functional groups attached to an aromatic ring is 1. The predicted octanol–water partition coefficient (Wildman–Crippen LogP) is 2.68. The van der Waals surface area contributed by atoms with Crippen LogP contribution in [0.2, 0.25) is 0 Å². The third-order valence-corrected chi connectivity index (χ3v) is 8.74. The lowest BCUT2D eigenvalue weighted by molar-refractivity contribution is -0.152. The van der Waals surface area contributed by atoms with E-state index in [0.717, 1.165) is 21.2 Å². The second-order valence-corrected chi connectivity index (χ2v) is 11.4. The molecule has 4 aromatic rings. The number of hydrogen-bond donors (Lipinski definition) is 4. The number of pyridine rings is 1. The fourth-order valence-electron chi connectivity index (χ4n) is 5.42. The molecule has 0 saturated carbocycles. The van der Waals surface area contributed by atoms with Crippen molar-refractivity contribution in [2.24, 2.45) is 5.73 Å². The van der Waals surface area contributed by atoms with Gasteiger partial charge in [0.05, 0.1) is 43.4 Å². The van der Waals surface area contributed by atoms with E-state index in [1.807, 2.05) is 43.3 Å². The summed E-state index contributed by atoms with van der Waals surface area (Å²) in [5.74, 6) is -2.30. The van der Waals surface area contributed by atoms with Gasteiger partial charge in [-0.05, 0) is 37.3 Å². The zero-order valence-electron chi connectivity index (χ0n) is 22.9. The average Bonchev–Trinajstić information content (AvgIpc) is 3.75. The van der Waals surface area contributed by atoms with E-state index < -0.39 is 23.6 Å². The van der Waals surface area contributed by atoms with Crippen LogP contribution >= 0.6 is 11.3 Å². The number of ether oxygens (including phenoxy) is 2. The average molecular weight is 587 g/mol. The Morgan fingerprint density at radius 2 is 1.86 bits per heavy atom. The fraction of sp³-hybridized carbons (Fsp3) is 0.300. The molecule has 42 heavy (non-hydrogen) atoms. The summed E-state index contributed by atoms with van der Waals surface area (Å²) in [4.78, 5) is 46.8. The van der Waals surface area contributed by atoms with Crippen LogP contribution in [-0.2, 0) is 19.1 Å². The topological polar surface area (TPSA) is 160 Å². The Labute approximate surface area is 245 Å². The summed E-state index contributed by atoms with van der Waals surface area (Å²) >= 11 is 1.39. The second-order valence-electron chi connectivity index (χ2n) is 10.5. The van der Waals surface area contributed by atoms with Crippen LogP contribution in [0.1, 0.15) is 40.2 Å². The number of hydrogen-bond acceptors (Lipinski definition) is 8. The molecule has 1 spiro atoms. The minimum absolute atomic E-state index is 0.0449. The first-order valence-corrected chi connectivity index (χ1v) is 14.5. The highest BCUT2D eigenvalue weighted by atomic mass is 32.1. The maximum Gasteiger partial charge on any atom is 0.251 e. The van der Waals surface area contributed by atoms with E-state index in [-0.39, 0.29) is 37.3 Å². The van der Waals surface area contributed by atoms with Gasteiger partial charge >= 0.3 is 0 Å². The SMILES string of the molecule is C[C@@H](NC(=O)[C@@H]1CC2(CN1C(=O)CNC(=O)c1ccc3cc4ccccc4nc3c1)OCCO2)c1cc(C(=N)N)cs1. The van der Waals surface area contributed by atoms with Crippen LogP contribution in [0, 0.1) is 5.41 Å². The molecule has 0 radical (unpaired) electrons. The highest BCUT2D eigenvalue weighted by Gasteiger charge is 2.52. The van der Waals surface area contributed by atoms with Crippen molar-refractivity contribution in [3.8, 4) is 0 Å². The summed E-state index contributed by atoms with van der Waals surface area (Å²) in [6.45, 7) is 2.35. The molecule has 2 aromatic heterocycles. The van der Waals surface area contributed by atoms with E-state index in [1.54, 1.807) is 23.6 Å². The zero-order chi connectivity index (χ0) is 29.4. The molecule has 2 aromatic carbocycles. The number of fused-ring (bicyclic) bond motifs is 2. The molecule has 2 atom stereocenters. The third-order valence-electron chi connectivity index (χ3n) is 7.63. The molecule has 5 N–H and O–H groups in total. The molecule has 3 amide bonds. The molecule has 0 unspecified atom stereocenters. The van der Waals surface area contributed by atoms with Gasteiger partial charge in [-0.15, -0.1) is 11.3 Å². The smallest absolute Gasteiger partial charge is 0.251 e. The number of carbonyl (C=O) groups is 3. The number of amidine groups is 1. The molecule has 2 saturated heterocycles. The van der Waals surface area contributed by atoms with Crippen molar-refractivity contribution >= 4 is 56.7 Å². The Kier molecular flexibility index (Phi) is 7.35. The Morgan fingerprint density at radius 3 is 2.62 bits per heavy atom. The number of aromatic nitrogens is 1. The molecule has 11 nitrogen and oxygen atoms in total. The number of likely N-dealkylation sites (tertiary alicyclic amines) is 1. The first kappa shape index (κ1) is 27.8. The van der Waals surface area contributed by atoms with Crippen LogP contribution < -0.4 is 16.4 Å². The Bertz CT molecular complexity index is 1710. The quantitative estimate of drug-likeness (QED) is 0.147. The van der Waals surface area contributed by atoms with Gasteiger partial charge in [0.2, 0.25) is 11.8 Å². The number of carbonyl (C=O) groups excluding carboxylic acids is 3. The number of rotatable bonds is 7. The fourth-order valence-corrected chi connectivity index (χ4v) is 6.33. The summed E-state index contributed by atoms with van der Waals surface area (Å²) in [6.07, 6.45) is 0.179. The maximum atomic E-state index is 13.4. The normalized spacial score (nSPS) is 18.4.